The zero-order chi connectivity index (χ0) is 11.4. The lowest BCUT2D eigenvalue weighted by atomic mass is 10.5. The lowest BCUT2D eigenvalue weighted by Crippen LogP contribution is -2.40. The fraction of sp³-hybridized carbons (Fsp3) is 0.500. The number of hydrogen-bond donors (Lipinski definition) is 1. The highest BCUT2D eigenvalue weighted by atomic mass is 16.6. The summed E-state index contributed by atoms with van der Waals surface area (Å²) in [5.74, 6) is 0.354. The normalized spacial score (nSPS) is 17.0. The summed E-state index contributed by atoms with van der Waals surface area (Å²) in [7, 11) is 0. The Hall–Kier alpha value is -1.80. The van der Waals surface area contributed by atoms with Gasteiger partial charge >= 0.3 is 5.69 Å². The second-order valence-corrected chi connectivity index (χ2v) is 3.23. The Bertz CT molecular complexity index is 362. The van der Waals surface area contributed by atoms with Crippen LogP contribution in [0.15, 0.2) is 12.4 Å². The van der Waals surface area contributed by atoms with Gasteiger partial charge in [0.05, 0.1) is 18.1 Å². The smallest absolute Gasteiger partial charge is 0.305 e. The highest BCUT2D eigenvalue weighted by Gasteiger charge is 2.12. The van der Waals surface area contributed by atoms with E-state index in [1.54, 1.807) is 0 Å². The molecular formula is C8H11N5O3. The van der Waals surface area contributed by atoms with Gasteiger partial charge in [-0.15, -0.1) is 0 Å². The largest absolute Gasteiger partial charge is 0.379 e. The van der Waals surface area contributed by atoms with Crippen molar-refractivity contribution >= 4 is 11.6 Å². The van der Waals surface area contributed by atoms with Gasteiger partial charge < -0.3 is 4.74 Å². The third-order valence-electron chi connectivity index (χ3n) is 2.12. The van der Waals surface area contributed by atoms with Crippen LogP contribution in [0.1, 0.15) is 0 Å². The highest BCUT2D eigenvalue weighted by molar-refractivity contribution is 5.29. The van der Waals surface area contributed by atoms with Crippen LogP contribution < -0.4 is 5.43 Å². The number of anilines is 1. The van der Waals surface area contributed by atoms with E-state index in [1.807, 2.05) is 5.01 Å². The summed E-state index contributed by atoms with van der Waals surface area (Å²) in [4.78, 5) is 17.5. The first-order valence-electron chi connectivity index (χ1n) is 4.81. The van der Waals surface area contributed by atoms with E-state index in [2.05, 4.69) is 15.4 Å². The quantitative estimate of drug-likeness (QED) is 0.573. The van der Waals surface area contributed by atoms with E-state index < -0.39 is 4.92 Å². The number of hydrogen-bond acceptors (Lipinski definition) is 7. The molecule has 0 atom stereocenters. The molecule has 0 unspecified atom stereocenters. The molecule has 8 heteroatoms. The molecule has 0 bridgehead atoms. The maximum absolute atomic E-state index is 10.4. The minimum absolute atomic E-state index is 0.118. The van der Waals surface area contributed by atoms with Gasteiger partial charge in [-0.05, 0) is 0 Å². The number of nitrogens with zero attached hydrogens (tertiary/aromatic N) is 4. The molecule has 1 aliphatic rings. The molecule has 0 spiro atoms. The van der Waals surface area contributed by atoms with Gasteiger partial charge in [-0.25, -0.2) is 15.0 Å². The molecule has 0 aliphatic carbocycles. The summed E-state index contributed by atoms with van der Waals surface area (Å²) >= 11 is 0. The van der Waals surface area contributed by atoms with Gasteiger partial charge in [0.2, 0.25) is 5.95 Å². The summed E-state index contributed by atoms with van der Waals surface area (Å²) in [5.41, 5.74) is 2.84. The molecule has 1 aliphatic heterocycles. The molecule has 1 saturated heterocycles. The SMILES string of the molecule is O=[N+]([O-])c1cnc(NN2CCOCC2)nc1. The fourth-order valence-corrected chi connectivity index (χ4v) is 1.29. The molecule has 2 rings (SSSR count). The van der Waals surface area contributed by atoms with Crippen molar-refractivity contribution in [2.45, 2.75) is 0 Å². The maximum atomic E-state index is 10.4. The first-order chi connectivity index (χ1) is 7.75. The number of nitro groups is 1. The van der Waals surface area contributed by atoms with Crippen molar-refractivity contribution in [1.82, 2.24) is 15.0 Å². The van der Waals surface area contributed by atoms with Crippen molar-refractivity contribution in [2.24, 2.45) is 0 Å². The van der Waals surface area contributed by atoms with Gasteiger partial charge in [0, 0.05) is 13.1 Å². The molecule has 8 nitrogen and oxygen atoms in total. The molecule has 0 amide bonds. The van der Waals surface area contributed by atoms with Crippen LogP contribution in [-0.4, -0.2) is 46.2 Å². The Morgan fingerprint density at radius 2 is 2.00 bits per heavy atom. The third kappa shape index (κ3) is 2.61. The Labute approximate surface area is 91.4 Å². The minimum Gasteiger partial charge on any atom is -0.379 e. The molecule has 0 aromatic carbocycles. The number of nitrogens with one attached hydrogen (secondary N) is 1. The van der Waals surface area contributed by atoms with Crippen LogP contribution in [0.25, 0.3) is 0 Å². The van der Waals surface area contributed by atoms with Crippen molar-refractivity contribution in [1.29, 1.82) is 0 Å². The van der Waals surface area contributed by atoms with Crippen LogP contribution in [-0.2, 0) is 4.74 Å². The van der Waals surface area contributed by atoms with Crippen molar-refractivity contribution in [2.75, 3.05) is 31.7 Å². The average Bonchev–Trinajstić information content (AvgIpc) is 2.31. The van der Waals surface area contributed by atoms with Crippen LogP contribution in [0.5, 0.6) is 0 Å². The highest BCUT2D eigenvalue weighted by Crippen LogP contribution is 2.09. The van der Waals surface area contributed by atoms with Crippen molar-refractivity contribution in [3.63, 3.8) is 0 Å². The number of morpholine rings is 1. The van der Waals surface area contributed by atoms with Gasteiger partial charge in [0.15, 0.2) is 0 Å². The van der Waals surface area contributed by atoms with E-state index in [4.69, 9.17) is 4.74 Å². The van der Waals surface area contributed by atoms with E-state index in [1.165, 1.54) is 12.4 Å². The van der Waals surface area contributed by atoms with Gasteiger partial charge in [-0.1, -0.05) is 0 Å². The fourth-order valence-electron chi connectivity index (χ4n) is 1.29. The Morgan fingerprint density at radius 3 is 2.56 bits per heavy atom. The van der Waals surface area contributed by atoms with E-state index in [0.717, 1.165) is 13.1 Å². The summed E-state index contributed by atoms with van der Waals surface area (Å²) in [5, 5.41) is 12.3. The molecule has 0 radical (unpaired) electrons. The molecule has 1 fully saturated rings. The van der Waals surface area contributed by atoms with E-state index in [9.17, 15) is 10.1 Å². The minimum atomic E-state index is -0.529. The molecule has 86 valence electrons. The van der Waals surface area contributed by atoms with E-state index in [-0.39, 0.29) is 5.69 Å². The second kappa shape index (κ2) is 4.81. The van der Waals surface area contributed by atoms with Gasteiger partial charge in [-0.2, -0.15) is 0 Å². The summed E-state index contributed by atoms with van der Waals surface area (Å²) in [6, 6.07) is 0. The third-order valence-corrected chi connectivity index (χ3v) is 2.12. The Kier molecular flexibility index (Phi) is 3.22. The zero-order valence-electron chi connectivity index (χ0n) is 8.50. The number of aromatic nitrogens is 2. The van der Waals surface area contributed by atoms with Gasteiger partial charge in [0.25, 0.3) is 0 Å². The molecule has 0 saturated carbocycles. The van der Waals surface area contributed by atoms with E-state index >= 15 is 0 Å². The number of rotatable bonds is 3. The van der Waals surface area contributed by atoms with Crippen LogP contribution in [0.4, 0.5) is 11.6 Å². The monoisotopic (exact) mass is 225 g/mol. The average molecular weight is 225 g/mol. The number of ether oxygens (including phenoxy) is 1. The molecule has 2 heterocycles. The lowest BCUT2D eigenvalue weighted by molar-refractivity contribution is -0.385. The van der Waals surface area contributed by atoms with Crippen molar-refractivity contribution < 1.29 is 9.66 Å². The van der Waals surface area contributed by atoms with Crippen LogP contribution in [0.2, 0.25) is 0 Å². The summed E-state index contributed by atoms with van der Waals surface area (Å²) < 4.78 is 5.18. The zero-order valence-corrected chi connectivity index (χ0v) is 8.50. The van der Waals surface area contributed by atoms with Gasteiger partial charge in [0.1, 0.15) is 12.4 Å². The van der Waals surface area contributed by atoms with Crippen molar-refractivity contribution in [3.8, 4) is 0 Å². The second-order valence-electron chi connectivity index (χ2n) is 3.23. The molecule has 1 aromatic heterocycles. The summed E-state index contributed by atoms with van der Waals surface area (Å²) in [6.07, 6.45) is 2.35. The standard InChI is InChI=1S/C8H11N5O3/c14-13(15)7-5-9-8(10-6-7)11-12-1-3-16-4-2-12/h5-6H,1-4H2,(H,9,10,11). The molecular weight excluding hydrogens is 214 g/mol. The van der Waals surface area contributed by atoms with Crippen molar-refractivity contribution in [3.05, 3.63) is 22.5 Å². The van der Waals surface area contributed by atoms with Crippen LogP contribution >= 0.6 is 0 Å². The first-order valence-corrected chi connectivity index (χ1v) is 4.81. The van der Waals surface area contributed by atoms with Crippen LogP contribution in [0, 0.1) is 10.1 Å². The van der Waals surface area contributed by atoms with Gasteiger partial charge in [-0.3, -0.25) is 15.5 Å². The Balaban J connectivity index is 1.96. The van der Waals surface area contributed by atoms with Crippen LogP contribution in [0.3, 0.4) is 0 Å². The Morgan fingerprint density at radius 1 is 1.38 bits per heavy atom. The van der Waals surface area contributed by atoms with E-state index in [0.29, 0.717) is 19.2 Å². The molecule has 1 aromatic rings. The maximum Gasteiger partial charge on any atom is 0.305 e. The topological polar surface area (TPSA) is 93.4 Å². The predicted molar refractivity (Wildman–Crippen MR) is 54.7 cm³/mol. The first kappa shape index (κ1) is 10.7. The summed E-state index contributed by atoms with van der Waals surface area (Å²) in [6.45, 7) is 2.78. The lowest BCUT2D eigenvalue weighted by Gasteiger charge is -2.26. The molecule has 16 heavy (non-hydrogen) atoms. The molecule has 1 N–H and O–H groups in total. The predicted octanol–water partition coefficient (Wildman–Crippen LogP) is 0.0439. The number of hydrazine groups is 1.